The van der Waals surface area contributed by atoms with E-state index in [1.165, 1.54) is 0 Å². The van der Waals surface area contributed by atoms with Crippen LogP contribution in [0.25, 0.3) is 191 Å². The molecule has 0 saturated carbocycles. The topological polar surface area (TPSA) is 113 Å². The summed E-state index contributed by atoms with van der Waals surface area (Å²) in [7, 11) is 0. The van der Waals surface area contributed by atoms with Crippen molar-refractivity contribution in [3.63, 3.8) is 0 Å². The van der Waals surface area contributed by atoms with Gasteiger partial charge in [0.2, 0.25) is 0 Å². The molecule has 110 heavy (non-hydrogen) atoms. The molecule has 0 N–H and O–H groups in total. The highest BCUT2D eigenvalue weighted by Crippen LogP contribution is 2.41. The van der Waals surface area contributed by atoms with Crippen molar-refractivity contribution in [3.05, 3.63) is 400 Å². The quantitative estimate of drug-likeness (QED) is 0.106. The number of nitrogens with zero attached hydrogens (tertiary/aromatic N) is 10. The standard InChI is InChI=1S/2C50H33N5/c1-4-15-34(16-5-1)38-19-14-20-39(33-38)48-52-47(36-17-6-2-7-18-36)53-49(54-48)44-32-31-41(42-23-10-11-24-43(42)44)35-27-29-37(30-28-35)50-51-45-25-12-13-26-46(45)55(50)40-21-8-3-9-22-40;1-4-14-37(15-5-1)47-52-48(38-16-6-2-7-17-38)54-49(53-47)44-33-32-41(42-20-10-11-21-43(42)44)36-28-24-34(25-29-36)35-26-30-39(31-27-35)50-51-45-22-12-13-23-46(45)55(50)40-18-8-3-9-19-40/h2*1-33H. The van der Waals surface area contributed by atoms with Crippen molar-refractivity contribution >= 4 is 43.6 Å². The average Bonchev–Trinajstić information content (AvgIpc) is 1.74. The average molecular weight is 1410 g/mol. The zero-order chi connectivity index (χ0) is 73.1. The van der Waals surface area contributed by atoms with Crippen LogP contribution < -0.4 is 0 Å². The summed E-state index contributed by atoms with van der Waals surface area (Å²) in [4.78, 5) is 40.3. The number of benzene rings is 16. The third kappa shape index (κ3) is 12.9. The fourth-order valence-corrected chi connectivity index (χ4v) is 14.8. The van der Waals surface area contributed by atoms with Crippen LogP contribution in [0.15, 0.2) is 400 Å². The molecule has 4 heterocycles. The molecule has 516 valence electrons. The Labute approximate surface area is 636 Å². The minimum atomic E-state index is 0.631. The Bertz CT molecular complexity index is 6660. The summed E-state index contributed by atoms with van der Waals surface area (Å²) < 4.78 is 4.47. The van der Waals surface area contributed by atoms with E-state index in [1.807, 2.05) is 121 Å². The molecule has 0 fully saturated rings. The lowest BCUT2D eigenvalue weighted by atomic mass is 9.93. The first-order valence-corrected chi connectivity index (χ1v) is 36.8. The van der Waals surface area contributed by atoms with Gasteiger partial charge in [0.15, 0.2) is 34.9 Å². The number of fused-ring (bicyclic) bond motifs is 4. The molecule has 20 aromatic rings. The van der Waals surface area contributed by atoms with Crippen molar-refractivity contribution in [1.82, 2.24) is 49.0 Å². The molecule has 0 saturated heterocycles. The molecular formula is C100H66N10. The second kappa shape index (κ2) is 29.2. The summed E-state index contributed by atoms with van der Waals surface area (Å²) in [5.74, 6) is 5.68. The molecule has 0 unspecified atom stereocenters. The zero-order valence-corrected chi connectivity index (χ0v) is 59.6. The summed E-state index contributed by atoms with van der Waals surface area (Å²) in [5, 5.41) is 4.43. The van der Waals surface area contributed by atoms with Gasteiger partial charge in [0.25, 0.3) is 0 Å². The summed E-state index contributed by atoms with van der Waals surface area (Å²) in [5.41, 5.74) is 23.2. The van der Waals surface area contributed by atoms with Gasteiger partial charge in [0, 0.05) is 55.9 Å². The molecule has 0 aliphatic rings. The van der Waals surface area contributed by atoms with Crippen LogP contribution in [-0.4, -0.2) is 49.0 Å². The minimum absolute atomic E-state index is 0.631. The van der Waals surface area contributed by atoms with Crippen LogP contribution in [-0.2, 0) is 0 Å². The summed E-state index contributed by atoms with van der Waals surface area (Å²) in [6, 6.07) is 139. The number of hydrogen-bond acceptors (Lipinski definition) is 8. The minimum Gasteiger partial charge on any atom is -0.292 e. The fourth-order valence-electron chi connectivity index (χ4n) is 14.8. The Hall–Kier alpha value is -15.0. The first kappa shape index (κ1) is 65.7. The van der Waals surface area contributed by atoms with E-state index < -0.39 is 0 Å². The Balaban J connectivity index is 0.000000149. The largest absolute Gasteiger partial charge is 0.292 e. The van der Waals surface area contributed by atoms with Crippen molar-refractivity contribution in [2.75, 3.05) is 0 Å². The van der Waals surface area contributed by atoms with Gasteiger partial charge in [0.1, 0.15) is 11.6 Å². The van der Waals surface area contributed by atoms with Gasteiger partial charge in [-0.2, -0.15) is 0 Å². The highest BCUT2D eigenvalue weighted by atomic mass is 15.1. The maximum atomic E-state index is 5.15. The van der Waals surface area contributed by atoms with E-state index >= 15 is 0 Å². The van der Waals surface area contributed by atoms with Gasteiger partial charge in [-0.1, -0.05) is 334 Å². The summed E-state index contributed by atoms with van der Waals surface area (Å²) in [6.07, 6.45) is 0. The van der Waals surface area contributed by atoms with Crippen molar-refractivity contribution in [3.8, 4) is 147 Å². The predicted octanol–water partition coefficient (Wildman–Crippen LogP) is 24.7. The van der Waals surface area contributed by atoms with Gasteiger partial charge in [-0.3, -0.25) is 9.13 Å². The number of rotatable bonds is 14. The summed E-state index contributed by atoms with van der Waals surface area (Å²) >= 11 is 0. The smallest absolute Gasteiger partial charge is 0.164 e. The lowest BCUT2D eigenvalue weighted by Gasteiger charge is -2.14. The third-order valence-electron chi connectivity index (χ3n) is 20.2. The second-order valence-electron chi connectivity index (χ2n) is 27.0. The van der Waals surface area contributed by atoms with E-state index in [0.717, 1.165) is 156 Å². The molecule has 0 spiro atoms. The van der Waals surface area contributed by atoms with Crippen molar-refractivity contribution in [2.45, 2.75) is 0 Å². The van der Waals surface area contributed by atoms with Crippen LogP contribution in [0.3, 0.4) is 0 Å². The van der Waals surface area contributed by atoms with Crippen LogP contribution in [0.2, 0.25) is 0 Å². The van der Waals surface area contributed by atoms with E-state index in [9.17, 15) is 0 Å². The van der Waals surface area contributed by atoms with Gasteiger partial charge in [-0.25, -0.2) is 39.9 Å². The fraction of sp³-hybridized carbons (Fsp3) is 0. The van der Waals surface area contributed by atoms with E-state index in [2.05, 4.69) is 288 Å². The highest BCUT2D eigenvalue weighted by molar-refractivity contribution is 6.06. The molecule has 0 atom stereocenters. The molecular weight excluding hydrogens is 1340 g/mol. The molecule has 16 aromatic carbocycles. The number of para-hydroxylation sites is 6. The number of hydrogen-bond donors (Lipinski definition) is 0. The van der Waals surface area contributed by atoms with Gasteiger partial charge in [0.05, 0.1) is 22.1 Å². The molecule has 10 nitrogen and oxygen atoms in total. The molecule has 10 heteroatoms. The van der Waals surface area contributed by atoms with E-state index in [4.69, 9.17) is 39.9 Å². The molecule has 0 amide bonds. The van der Waals surface area contributed by atoms with Gasteiger partial charge in [-0.05, 0) is 133 Å². The van der Waals surface area contributed by atoms with Crippen molar-refractivity contribution in [1.29, 1.82) is 0 Å². The van der Waals surface area contributed by atoms with Crippen LogP contribution in [0.5, 0.6) is 0 Å². The SMILES string of the molecule is c1ccc(-c2cccc(-c3nc(-c4ccccc4)nc(-c4ccc(-c5ccc(-c6nc7ccccc7n6-c6ccccc6)cc5)c5ccccc45)n3)c2)cc1.c1ccc(-c2nc(-c3ccccc3)nc(-c3ccc(-c4ccc(-c5ccc(-c6nc7ccccc7n6-c6ccccc6)cc5)cc4)c4ccccc34)n2)cc1. The first-order chi connectivity index (χ1) is 54.5. The number of imidazole rings is 2. The van der Waals surface area contributed by atoms with E-state index in [-0.39, 0.29) is 0 Å². The lowest BCUT2D eigenvalue weighted by molar-refractivity contribution is 1.08. The Morgan fingerprint density at radius 2 is 0.418 bits per heavy atom. The Kier molecular flexibility index (Phi) is 17.4. The second-order valence-corrected chi connectivity index (χ2v) is 27.0. The zero-order valence-electron chi connectivity index (χ0n) is 59.6. The van der Waals surface area contributed by atoms with Gasteiger partial charge >= 0.3 is 0 Å². The van der Waals surface area contributed by atoms with E-state index in [1.54, 1.807) is 0 Å². The van der Waals surface area contributed by atoms with Crippen LogP contribution >= 0.6 is 0 Å². The molecule has 0 bridgehead atoms. The third-order valence-corrected chi connectivity index (χ3v) is 20.2. The van der Waals surface area contributed by atoms with Gasteiger partial charge in [-0.15, -0.1) is 0 Å². The molecule has 0 radical (unpaired) electrons. The normalized spacial score (nSPS) is 11.3. The van der Waals surface area contributed by atoms with Gasteiger partial charge < -0.3 is 0 Å². The first-order valence-electron chi connectivity index (χ1n) is 36.8. The molecule has 4 aromatic heterocycles. The molecule has 0 aliphatic heterocycles. The lowest BCUT2D eigenvalue weighted by Crippen LogP contribution is -2.01. The van der Waals surface area contributed by atoms with Crippen molar-refractivity contribution in [2.24, 2.45) is 0 Å². The van der Waals surface area contributed by atoms with Crippen LogP contribution in [0.4, 0.5) is 0 Å². The Morgan fingerprint density at radius 1 is 0.155 bits per heavy atom. The highest BCUT2D eigenvalue weighted by Gasteiger charge is 2.22. The summed E-state index contributed by atoms with van der Waals surface area (Å²) in [6.45, 7) is 0. The Morgan fingerprint density at radius 3 is 0.809 bits per heavy atom. The maximum Gasteiger partial charge on any atom is 0.164 e. The van der Waals surface area contributed by atoms with Crippen LogP contribution in [0.1, 0.15) is 0 Å². The molecule has 0 aliphatic carbocycles. The molecule has 20 rings (SSSR count). The maximum absolute atomic E-state index is 5.15. The van der Waals surface area contributed by atoms with Crippen LogP contribution in [0, 0.1) is 0 Å². The van der Waals surface area contributed by atoms with Crippen molar-refractivity contribution < 1.29 is 0 Å². The number of aromatic nitrogens is 10. The van der Waals surface area contributed by atoms with E-state index in [0.29, 0.717) is 34.9 Å². The predicted molar refractivity (Wildman–Crippen MR) is 449 cm³/mol. The monoisotopic (exact) mass is 1410 g/mol.